The predicted octanol–water partition coefficient (Wildman–Crippen LogP) is 3.78. The second-order valence-electron chi connectivity index (χ2n) is 5.81. The van der Waals surface area contributed by atoms with Crippen LogP contribution in [-0.4, -0.2) is 24.2 Å². The Morgan fingerprint density at radius 3 is 3.00 bits per heavy atom. The smallest absolute Gasteiger partial charge is 0.0576 e. The molecule has 20 heavy (non-hydrogen) atoms. The van der Waals surface area contributed by atoms with E-state index in [1.54, 1.807) is 0 Å². The molecule has 2 atom stereocenters. The van der Waals surface area contributed by atoms with Gasteiger partial charge in [0, 0.05) is 24.5 Å². The van der Waals surface area contributed by atoms with Gasteiger partial charge in [0.1, 0.15) is 0 Å². The van der Waals surface area contributed by atoms with E-state index in [4.69, 9.17) is 4.74 Å². The molecule has 2 rings (SSSR count). The van der Waals surface area contributed by atoms with Crippen LogP contribution < -0.4 is 5.32 Å². The van der Waals surface area contributed by atoms with Crippen molar-refractivity contribution in [2.45, 2.75) is 64.5 Å². The molecular weight excluding hydrogens is 248 g/mol. The largest absolute Gasteiger partial charge is 0.378 e. The Morgan fingerprint density at radius 2 is 2.35 bits per heavy atom. The first kappa shape index (κ1) is 15.5. The third-order valence-corrected chi connectivity index (χ3v) is 4.02. The lowest BCUT2D eigenvalue weighted by Crippen LogP contribution is -2.22. The number of hydrogen-bond donors (Lipinski definition) is 1. The number of nitrogens with one attached hydrogen (secondary N) is 1. The Morgan fingerprint density at radius 1 is 1.45 bits per heavy atom. The molecule has 3 heteroatoms. The van der Waals surface area contributed by atoms with Gasteiger partial charge in [-0.3, -0.25) is 4.98 Å². The number of pyridine rings is 1. The summed E-state index contributed by atoms with van der Waals surface area (Å²) in [5.74, 6) is 0. The fourth-order valence-electron chi connectivity index (χ4n) is 2.81. The van der Waals surface area contributed by atoms with Gasteiger partial charge in [0.15, 0.2) is 0 Å². The Labute approximate surface area is 123 Å². The van der Waals surface area contributed by atoms with Crippen LogP contribution in [-0.2, 0) is 4.74 Å². The minimum absolute atomic E-state index is 0.435. The van der Waals surface area contributed by atoms with Crippen LogP contribution in [0.5, 0.6) is 0 Å². The van der Waals surface area contributed by atoms with Gasteiger partial charge in [-0.15, -0.1) is 0 Å². The molecule has 3 nitrogen and oxygen atoms in total. The van der Waals surface area contributed by atoms with Gasteiger partial charge in [-0.2, -0.15) is 0 Å². The van der Waals surface area contributed by atoms with E-state index >= 15 is 0 Å². The van der Waals surface area contributed by atoms with Gasteiger partial charge in [0.2, 0.25) is 0 Å². The maximum atomic E-state index is 5.70. The summed E-state index contributed by atoms with van der Waals surface area (Å²) in [6.45, 7) is 6.28. The Hall–Kier alpha value is -0.930. The Balaban J connectivity index is 1.84. The van der Waals surface area contributed by atoms with E-state index in [9.17, 15) is 0 Å². The monoisotopic (exact) mass is 276 g/mol. The standard InChI is InChI=1S/C17H28N2O/c1-3-11-18-17(15-10-9-14(2)19-13-15)8-4-6-16-7-5-12-20-16/h9-10,13,16-18H,3-8,11-12H2,1-2H3. The molecule has 0 radical (unpaired) electrons. The van der Waals surface area contributed by atoms with Gasteiger partial charge in [-0.1, -0.05) is 13.0 Å². The lowest BCUT2D eigenvalue weighted by atomic mass is 10.00. The molecule has 0 aromatic carbocycles. The van der Waals surface area contributed by atoms with Crippen molar-refractivity contribution in [1.82, 2.24) is 10.3 Å². The van der Waals surface area contributed by atoms with Crippen molar-refractivity contribution >= 4 is 0 Å². The van der Waals surface area contributed by atoms with E-state index in [0.29, 0.717) is 12.1 Å². The Bertz CT molecular complexity index is 371. The first-order valence-electron chi connectivity index (χ1n) is 8.07. The normalized spacial score (nSPS) is 20.2. The molecule has 1 N–H and O–H groups in total. The number of hydrogen-bond acceptors (Lipinski definition) is 3. The number of ether oxygens (including phenoxy) is 1. The van der Waals surface area contributed by atoms with Gasteiger partial charge >= 0.3 is 0 Å². The number of nitrogens with zero attached hydrogens (tertiary/aromatic N) is 1. The van der Waals surface area contributed by atoms with E-state index < -0.39 is 0 Å². The highest BCUT2D eigenvalue weighted by atomic mass is 16.5. The van der Waals surface area contributed by atoms with Crippen molar-refractivity contribution in [2.24, 2.45) is 0 Å². The van der Waals surface area contributed by atoms with Crippen molar-refractivity contribution in [3.8, 4) is 0 Å². The zero-order valence-corrected chi connectivity index (χ0v) is 12.9. The predicted molar refractivity (Wildman–Crippen MR) is 82.8 cm³/mol. The summed E-state index contributed by atoms with van der Waals surface area (Å²) in [5.41, 5.74) is 2.40. The fourth-order valence-corrected chi connectivity index (χ4v) is 2.81. The first-order valence-corrected chi connectivity index (χ1v) is 8.07. The summed E-state index contributed by atoms with van der Waals surface area (Å²) >= 11 is 0. The molecule has 0 bridgehead atoms. The van der Waals surface area contributed by atoms with Crippen LogP contribution in [0.1, 0.15) is 62.7 Å². The molecular formula is C17H28N2O. The summed E-state index contributed by atoms with van der Waals surface area (Å²) in [6, 6.07) is 4.75. The average molecular weight is 276 g/mol. The van der Waals surface area contributed by atoms with Gasteiger partial charge in [-0.25, -0.2) is 0 Å². The minimum Gasteiger partial charge on any atom is -0.378 e. The summed E-state index contributed by atoms with van der Waals surface area (Å²) in [5, 5.41) is 3.65. The fraction of sp³-hybridized carbons (Fsp3) is 0.706. The Kier molecular flexibility index (Phi) is 6.48. The SMILES string of the molecule is CCCNC(CCCC1CCCO1)c1ccc(C)nc1. The van der Waals surface area contributed by atoms with E-state index in [0.717, 1.165) is 18.8 Å². The molecule has 2 unspecified atom stereocenters. The highest BCUT2D eigenvalue weighted by Crippen LogP contribution is 2.23. The topological polar surface area (TPSA) is 34.1 Å². The van der Waals surface area contributed by atoms with Crippen LogP contribution in [0.2, 0.25) is 0 Å². The zero-order valence-electron chi connectivity index (χ0n) is 12.9. The van der Waals surface area contributed by atoms with Crippen molar-refractivity contribution in [1.29, 1.82) is 0 Å². The highest BCUT2D eigenvalue weighted by Gasteiger charge is 2.17. The summed E-state index contributed by atoms with van der Waals surface area (Å²) in [6.07, 6.45) is 9.78. The van der Waals surface area contributed by atoms with Gasteiger partial charge < -0.3 is 10.1 Å². The summed E-state index contributed by atoms with van der Waals surface area (Å²) in [4.78, 5) is 4.43. The molecule has 1 fully saturated rings. The molecule has 0 spiro atoms. The molecule has 2 heterocycles. The van der Waals surface area contributed by atoms with Crippen LogP contribution in [0.4, 0.5) is 0 Å². The third kappa shape index (κ3) is 4.88. The zero-order chi connectivity index (χ0) is 14.2. The molecule has 0 amide bonds. The summed E-state index contributed by atoms with van der Waals surface area (Å²) < 4.78 is 5.70. The van der Waals surface area contributed by atoms with Crippen LogP contribution in [0, 0.1) is 6.92 Å². The van der Waals surface area contributed by atoms with E-state index in [2.05, 4.69) is 29.4 Å². The molecule has 1 aliphatic heterocycles. The highest BCUT2D eigenvalue weighted by molar-refractivity contribution is 5.17. The molecule has 1 aromatic heterocycles. The molecule has 1 saturated heterocycles. The second-order valence-corrected chi connectivity index (χ2v) is 5.81. The molecule has 112 valence electrons. The number of rotatable bonds is 8. The van der Waals surface area contributed by atoms with Crippen molar-refractivity contribution in [3.63, 3.8) is 0 Å². The van der Waals surface area contributed by atoms with Gasteiger partial charge in [-0.05, 0) is 63.6 Å². The van der Waals surface area contributed by atoms with Crippen LogP contribution >= 0.6 is 0 Å². The van der Waals surface area contributed by atoms with Crippen molar-refractivity contribution in [3.05, 3.63) is 29.6 Å². The van der Waals surface area contributed by atoms with E-state index in [1.807, 2.05) is 13.1 Å². The minimum atomic E-state index is 0.435. The number of aromatic nitrogens is 1. The third-order valence-electron chi connectivity index (χ3n) is 4.02. The van der Waals surface area contributed by atoms with Crippen molar-refractivity contribution < 1.29 is 4.74 Å². The van der Waals surface area contributed by atoms with E-state index in [1.165, 1.54) is 44.1 Å². The van der Waals surface area contributed by atoms with Crippen molar-refractivity contribution in [2.75, 3.05) is 13.2 Å². The maximum Gasteiger partial charge on any atom is 0.0576 e. The second kappa shape index (κ2) is 8.38. The van der Waals surface area contributed by atoms with E-state index in [-0.39, 0.29) is 0 Å². The number of aryl methyl sites for hydroxylation is 1. The van der Waals surface area contributed by atoms with Gasteiger partial charge in [0.25, 0.3) is 0 Å². The average Bonchev–Trinajstić information content (AvgIpc) is 2.97. The molecule has 0 saturated carbocycles. The first-order chi connectivity index (χ1) is 9.79. The van der Waals surface area contributed by atoms with Crippen LogP contribution in [0.25, 0.3) is 0 Å². The quantitative estimate of drug-likeness (QED) is 0.784. The molecule has 1 aromatic rings. The summed E-state index contributed by atoms with van der Waals surface area (Å²) in [7, 11) is 0. The maximum absolute atomic E-state index is 5.70. The lowest BCUT2D eigenvalue weighted by molar-refractivity contribution is 0.101. The molecule has 1 aliphatic rings. The molecule has 0 aliphatic carbocycles. The lowest BCUT2D eigenvalue weighted by Gasteiger charge is -2.19. The van der Waals surface area contributed by atoms with Gasteiger partial charge in [0.05, 0.1) is 6.10 Å². The van der Waals surface area contributed by atoms with Crippen LogP contribution in [0.3, 0.4) is 0 Å². The van der Waals surface area contributed by atoms with Crippen LogP contribution in [0.15, 0.2) is 18.3 Å².